The van der Waals surface area contributed by atoms with Crippen molar-refractivity contribution in [2.75, 3.05) is 13.1 Å². The van der Waals surface area contributed by atoms with Crippen LogP contribution in [-0.4, -0.2) is 29.9 Å². The van der Waals surface area contributed by atoms with Gasteiger partial charge in [0.25, 0.3) is 0 Å². The predicted octanol–water partition coefficient (Wildman–Crippen LogP) is 1.20. The number of carbonyl (C=O) groups is 2. The molecule has 1 saturated heterocycles. The standard InChI is InChI=1S/C11H13NO3S/c1-2-8-3-4-9(16-8)5-12-6-10(13)15-11(14)7-12/h3-4H,2,5-7H2,1H3. The molecule has 2 rings (SSSR count). The maximum atomic E-state index is 11.1. The Labute approximate surface area is 97.8 Å². The van der Waals surface area contributed by atoms with Crippen LogP contribution >= 0.6 is 11.3 Å². The van der Waals surface area contributed by atoms with E-state index in [4.69, 9.17) is 0 Å². The lowest BCUT2D eigenvalue weighted by Gasteiger charge is -2.23. The van der Waals surface area contributed by atoms with Crippen LogP contribution < -0.4 is 0 Å². The van der Waals surface area contributed by atoms with Crippen molar-refractivity contribution in [2.24, 2.45) is 0 Å². The Morgan fingerprint density at radius 3 is 2.44 bits per heavy atom. The summed E-state index contributed by atoms with van der Waals surface area (Å²) in [5, 5.41) is 0. The Bertz CT molecular complexity index is 397. The smallest absolute Gasteiger partial charge is 0.327 e. The highest BCUT2D eigenvalue weighted by Crippen LogP contribution is 2.19. The van der Waals surface area contributed by atoms with Crippen molar-refractivity contribution in [3.63, 3.8) is 0 Å². The van der Waals surface area contributed by atoms with E-state index < -0.39 is 11.9 Å². The highest BCUT2D eigenvalue weighted by Gasteiger charge is 2.24. The van der Waals surface area contributed by atoms with Gasteiger partial charge in [-0.2, -0.15) is 0 Å². The first-order valence-corrected chi connectivity index (χ1v) is 6.02. The fourth-order valence-corrected chi connectivity index (χ4v) is 2.64. The molecule has 0 spiro atoms. The van der Waals surface area contributed by atoms with E-state index in [-0.39, 0.29) is 13.1 Å². The van der Waals surface area contributed by atoms with E-state index in [9.17, 15) is 9.59 Å². The molecule has 0 aromatic carbocycles. The quantitative estimate of drug-likeness (QED) is 0.587. The van der Waals surface area contributed by atoms with Gasteiger partial charge in [0.05, 0.1) is 13.1 Å². The van der Waals surface area contributed by atoms with Gasteiger partial charge in [-0.3, -0.25) is 14.5 Å². The van der Waals surface area contributed by atoms with Crippen LogP contribution in [0.3, 0.4) is 0 Å². The van der Waals surface area contributed by atoms with Gasteiger partial charge in [-0.1, -0.05) is 6.92 Å². The lowest BCUT2D eigenvalue weighted by molar-refractivity contribution is -0.167. The van der Waals surface area contributed by atoms with Crippen molar-refractivity contribution in [1.29, 1.82) is 0 Å². The molecular weight excluding hydrogens is 226 g/mol. The first kappa shape index (κ1) is 11.3. The maximum absolute atomic E-state index is 11.1. The zero-order valence-corrected chi connectivity index (χ0v) is 9.88. The van der Waals surface area contributed by atoms with Gasteiger partial charge in [-0.05, 0) is 18.6 Å². The normalized spacial score (nSPS) is 17.6. The molecule has 1 fully saturated rings. The van der Waals surface area contributed by atoms with E-state index in [2.05, 4.69) is 17.7 Å². The number of nitrogens with zero attached hydrogens (tertiary/aromatic N) is 1. The van der Waals surface area contributed by atoms with E-state index in [0.29, 0.717) is 6.54 Å². The van der Waals surface area contributed by atoms with Crippen molar-refractivity contribution in [3.8, 4) is 0 Å². The number of aryl methyl sites for hydroxylation is 1. The molecule has 0 unspecified atom stereocenters. The van der Waals surface area contributed by atoms with Crippen molar-refractivity contribution in [2.45, 2.75) is 19.9 Å². The molecule has 0 bridgehead atoms. The number of rotatable bonds is 3. The molecule has 1 aromatic heterocycles. The average Bonchev–Trinajstić information content (AvgIpc) is 2.64. The molecule has 0 amide bonds. The van der Waals surface area contributed by atoms with Crippen LogP contribution in [0.2, 0.25) is 0 Å². The highest BCUT2D eigenvalue weighted by atomic mass is 32.1. The fraction of sp³-hybridized carbons (Fsp3) is 0.455. The fourth-order valence-electron chi connectivity index (χ4n) is 1.64. The van der Waals surface area contributed by atoms with Gasteiger partial charge in [0, 0.05) is 16.3 Å². The number of ether oxygens (including phenoxy) is 1. The Balaban J connectivity index is 1.98. The first-order chi connectivity index (χ1) is 7.67. The number of morpholine rings is 1. The second-order valence-corrected chi connectivity index (χ2v) is 4.97. The summed E-state index contributed by atoms with van der Waals surface area (Å²) in [7, 11) is 0. The van der Waals surface area contributed by atoms with Crippen LogP contribution in [0.15, 0.2) is 12.1 Å². The van der Waals surface area contributed by atoms with Crippen molar-refractivity contribution in [1.82, 2.24) is 4.90 Å². The van der Waals surface area contributed by atoms with E-state index >= 15 is 0 Å². The third kappa shape index (κ3) is 2.68. The van der Waals surface area contributed by atoms with Crippen LogP contribution in [-0.2, 0) is 27.3 Å². The molecule has 0 aliphatic carbocycles. The molecule has 1 aromatic rings. The summed E-state index contributed by atoms with van der Waals surface area (Å²) in [5.74, 6) is -0.910. The van der Waals surface area contributed by atoms with Gasteiger partial charge < -0.3 is 4.74 Å². The van der Waals surface area contributed by atoms with Crippen LogP contribution in [0.4, 0.5) is 0 Å². The van der Waals surface area contributed by atoms with E-state index in [1.54, 1.807) is 16.2 Å². The van der Waals surface area contributed by atoms with E-state index in [1.807, 2.05) is 6.07 Å². The zero-order valence-electron chi connectivity index (χ0n) is 9.06. The summed E-state index contributed by atoms with van der Waals surface area (Å²) in [4.78, 5) is 26.4. The molecule has 0 saturated carbocycles. The summed E-state index contributed by atoms with van der Waals surface area (Å²) in [6.45, 7) is 3.15. The summed E-state index contributed by atoms with van der Waals surface area (Å²) in [6, 6.07) is 4.14. The zero-order chi connectivity index (χ0) is 11.5. The molecule has 2 heterocycles. The van der Waals surface area contributed by atoms with E-state index in [0.717, 1.165) is 6.42 Å². The molecule has 86 valence electrons. The van der Waals surface area contributed by atoms with Gasteiger partial charge in [0.2, 0.25) is 0 Å². The lowest BCUT2D eigenvalue weighted by atomic mass is 10.3. The van der Waals surface area contributed by atoms with Gasteiger partial charge in [0.15, 0.2) is 0 Å². The molecular formula is C11H13NO3S. The number of hydrogen-bond donors (Lipinski definition) is 0. The van der Waals surface area contributed by atoms with Crippen LogP contribution in [0.5, 0.6) is 0 Å². The SMILES string of the molecule is CCc1ccc(CN2CC(=O)OC(=O)C2)s1. The Morgan fingerprint density at radius 1 is 1.25 bits per heavy atom. The number of hydrogen-bond acceptors (Lipinski definition) is 5. The third-order valence-corrected chi connectivity index (χ3v) is 3.59. The summed E-state index contributed by atoms with van der Waals surface area (Å²) in [6.07, 6.45) is 1.02. The molecule has 5 heteroatoms. The third-order valence-electron chi connectivity index (χ3n) is 2.38. The lowest BCUT2D eigenvalue weighted by Crippen LogP contribution is -2.42. The number of carbonyl (C=O) groups excluding carboxylic acids is 2. The first-order valence-electron chi connectivity index (χ1n) is 5.21. The number of thiophene rings is 1. The Morgan fingerprint density at radius 2 is 1.88 bits per heavy atom. The predicted molar refractivity (Wildman–Crippen MR) is 60.1 cm³/mol. The second-order valence-electron chi connectivity index (χ2n) is 3.71. The minimum Gasteiger partial charge on any atom is -0.391 e. The van der Waals surface area contributed by atoms with E-state index in [1.165, 1.54) is 9.75 Å². The number of esters is 2. The monoisotopic (exact) mass is 239 g/mol. The summed E-state index contributed by atoms with van der Waals surface area (Å²) in [5.41, 5.74) is 0. The van der Waals surface area contributed by atoms with Crippen molar-refractivity contribution < 1.29 is 14.3 Å². The minimum absolute atomic E-state index is 0.200. The van der Waals surface area contributed by atoms with Gasteiger partial charge in [-0.25, -0.2) is 0 Å². The molecule has 4 nitrogen and oxygen atoms in total. The summed E-state index contributed by atoms with van der Waals surface area (Å²) < 4.78 is 4.46. The van der Waals surface area contributed by atoms with Gasteiger partial charge in [0.1, 0.15) is 0 Å². The summed E-state index contributed by atoms with van der Waals surface area (Å²) >= 11 is 1.72. The molecule has 0 atom stereocenters. The van der Waals surface area contributed by atoms with Crippen LogP contribution in [0, 0.1) is 0 Å². The maximum Gasteiger partial charge on any atom is 0.327 e. The molecule has 1 aliphatic rings. The second kappa shape index (κ2) is 4.76. The molecule has 0 N–H and O–H groups in total. The highest BCUT2D eigenvalue weighted by molar-refractivity contribution is 7.11. The average molecular weight is 239 g/mol. The van der Waals surface area contributed by atoms with Crippen molar-refractivity contribution >= 4 is 23.3 Å². The van der Waals surface area contributed by atoms with Crippen LogP contribution in [0.1, 0.15) is 16.7 Å². The van der Waals surface area contributed by atoms with Gasteiger partial charge in [-0.15, -0.1) is 11.3 Å². The Hall–Kier alpha value is -1.20. The molecule has 0 radical (unpaired) electrons. The van der Waals surface area contributed by atoms with Crippen molar-refractivity contribution in [3.05, 3.63) is 21.9 Å². The van der Waals surface area contributed by atoms with Crippen LogP contribution in [0.25, 0.3) is 0 Å². The van der Waals surface area contributed by atoms with Gasteiger partial charge >= 0.3 is 11.9 Å². The Kier molecular flexibility index (Phi) is 3.36. The largest absolute Gasteiger partial charge is 0.391 e. The topological polar surface area (TPSA) is 46.6 Å². The molecule has 16 heavy (non-hydrogen) atoms. The minimum atomic E-state index is -0.455. The number of cyclic esters (lactones) is 2. The molecule has 1 aliphatic heterocycles.